The molecule has 0 atom stereocenters. The Morgan fingerprint density at radius 1 is 1.15 bits per heavy atom. The molecule has 2 rings (SSSR count). The van der Waals surface area contributed by atoms with Gasteiger partial charge in [-0.2, -0.15) is 0 Å². The van der Waals surface area contributed by atoms with E-state index in [4.69, 9.17) is 11.6 Å². The summed E-state index contributed by atoms with van der Waals surface area (Å²) in [6.45, 7) is 0. The van der Waals surface area contributed by atoms with Crippen molar-refractivity contribution in [1.29, 1.82) is 0 Å². The van der Waals surface area contributed by atoms with E-state index in [-0.39, 0.29) is 6.03 Å². The Hall–Kier alpha value is -2.26. The number of carbonyl (C=O) groups is 1. The van der Waals surface area contributed by atoms with Gasteiger partial charge < -0.3 is 5.32 Å². The standard InChI is InChI=1S/C16H15ClN2O/c1-19(15-8-3-2-4-9-15)16(20)18-11-10-13-6-5-7-14(17)12-13/h2-12H,1H3,(H,18,20)/b11-10+. The van der Waals surface area contributed by atoms with Crippen molar-refractivity contribution in [3.05, 3.63) is 71.4 Å². The molecule has 0 saturated carbocycles. The van der Waals surface area contributed by atoms with E-state index in [2.05, 4.69) is 5.32 Å². The number of benzene rings is 2. The van der Waals surface area contributed by atoms with Crippen molar-refractivity contribution in [2.75, 3.05) is 11.9 Å². The topological polar surface area (TPSA) is 32.3 Å². The van der Waals surface area contributed by atoms with Crippen LogP contribution in [0.25, 0.3) is 6.08 Å². The summed E-state index contributed by atoms with van der Waals surface area (Å²) in [5, 5.41) is 3.38. The third kappa shape index (κ3) is 3.87. The van der Waals surface area contributed by atoms with Gasteiger partial charge in [0, 0.05) is 24.0 Å². The summed E-state index contributed by atoms with van der Waals surface area (Å²) in [6.07, 6.45) is 3.40. The first-order valence-corrected chi connectivity index (χ1v) is 6.56. The highest BCUT2D eigenvalue weighted by atomic mass is 35.5. The number of para-hydroxylation sites is 1. The summed E-state index contributed by atoms with van der Waals surface area (Å²) in [7, 11) is 1.72. The molecule has 2 aromatic rings. The molecule has 2 aromatic carbocycles. The Morgan fingerprint density at radius 3 is 2.60 bits per heavy atom. The Morgan fingerprint density at radius 2 is 1.90 bits per heavy atom. The second-order valence-corrected chi connectivity index (χ2v) is 4.67. The van der Waals surface area contributed by atoms with Gasteiger partial charge in [0.15, 0.2) is 0 Å². The number of amides is 2. The quantitative estimate of drug-likeness (QED) is 0.903. The maximum absolute atomic E-state index is 11.9. The maximum atomic E-state index is 11.9. The number of urea groups is 1. The zero-order valence-corrected chi connectivity index (χ0v) is 11.8. The minimum atomic E-state index is -0.200. The van der Waals surface area contributed by atoms with Crippen LogP contribution in [0.2, 0.25) is 5.02 Å². The zero-order valence-electron chi connectivity index (χ0n) is 11.1. The molecule has 0 unspecified atom stereocenters. The molecule has 0 aliphatic rings. The average Bonchev–Trinajstić information content (AvgIpc) is 2.47. The Balaban J connectivity index is 1.95. The summed E-state index contributed by atoms with van der Waals surface area (Å²) in [6, 6.07) is 16.6. The third-order valence-electron chi connectivity index (χ3n) is 2.78. The number of rotatable bonds is 3. The van der Waals surface area contributed by atoms with Gasteiger partial charge in [-0.3, -0.25) is 4.90 Å². The monoisotopic (exact) mass is 286 g/mol. The van der Waals surface area contributed by atoms with Crippen molar-refractivity contribution in [3.8, 4) is 0 Å². The first-order chi connectivity index (χ1) is 9.66. The fraction of sp³-hybridized carbons (Fsp3) is 0.0625. The molecule has 1 N–H and O–H groups in total. The second-order valence-electron chi connectivity index (χ2n) is 4.23. The Kier molecular flexibility index (Phi) is 4.80. The van der Waals surface area contributed by atoms with E-state index in [0.29, 0.717) is 5.02 Å². The third-order valence-corrected chi connectivity index (χ3v) is 3.01. The van der Waals surface area contributed by atoms with Crippen molar-refractivity contribution < 1.29 is 4.79 Å². The molecule has 0 aromatic heterocycles. The van der Waals surface area contributed by atoms with Crippen molar-refractivity contribution in [3.63, 3.8) is 0 Å². The minimum absolute atomic E-state index is 0.200. The number of anilines is 1. The highest BCUT2D eigenvalue weighted by Gasteiger charge is 2.07. The van der Waals surface area contributed by atoms with Crippen molar-refractivity contribution in [2.24, 2.45) is 0 Å². The lowest BCUT2D eigenvalue weighted by molar-refractivity contribution is 0.250. The van der Waals surface area contributed by atoms with E-state index in [1.165, 1.54) is 0 Å². The molecule has 2 amide bonds. The van der Waals surface area contributed by atoms with E-state index < -0.39 is 0 Å². The molecule has 20 heavy (non-hydrogen) atoms. The van der Waals surface area contributed by atoms with E-state index in [9.17, 15) is 4.79 Å². The van der Waals surface area contributed by atoms with Gasteiger partial charge in [0.1, 0.15) is 0 Å². The smallest absolute Gasteiger partial charge is 0.314 e. The lowest BCUT2D eigenvalue weighted by Crippen LogP contribution is -2.34. The van der Waals surface area contributed by atoms with Gasteiger partial charge in [-0.15, -0.1) is 0 Å². The molecule has 0 spiro atoms. The molecule has 0 heterocycles. The van der Waals surface area contributed by atoms with Crippen LogP contribution in [0.5, 0.6) is 0 Å². The molecular weight excluding hydrogens is 272 g/mol. The number of hydrogen-bond donors (Lipinski definition) is 1. The molecule has 0 fully saturated rings. The Labute approximate surface area is 123 Å². The normalized spacial score (nSPS) is 10.5. The van der Waals surface area contributed by atoms with Gasteiger partial charge >= 0.3 is 6.03 Å². The largest absolute Gasteiger partial charge is 0.325 e. The van der Waals surface area contributed by atoms with Crippen molar-refractivity contribution >= 4 is 29.4 Å². The highest BCUT2D eigenvalue weighted by Crippen LogP contribution is 2.12. The number of nitrogens with one attached hydrogen (secondary N) is 1. The molecule has 0 aliphatic heterocycles. The number of hydrogen-bond acceptors (Lipinski definition) is 1. The molecule has 3 nitrogen and oxygen atoms in total. The molecule has 102 valence electrons. The Bertz CT molecular complexity index is 611. The highest BCUT2D eigenvalue weighted by molar-refractivity contribution is 6.30. The van der Waals surface area contributed by atoms with Gasteiger partial charge in [0.2, 0.25) is 0 Å². The fourth-order valence-electron chi connectivity index (χ4n) is 1.69. The van der Waals surface area contributed by atoms with Crippen LogP contribution in [-0.2, 0) is 0 Å². The first kappa shape index (κ1) is 14.2. The molecular formula is C16H15ClN2O. The fourth-order valence-corrected chi connectivity index (χ4v) is 1.88. The molecule has 0 aliphatic carbocycles. The average molecular weight is 287 g/mol. The van der Waals surface area contributed by atoms with Crippen LogP contribution in [0.3, 0.4) is 0 Å². The minimum Gasteiger partial charge on any atom is -0.314 e. The SMILES string of the molecule is CN(C(=O)N/C=C/c1cccc(Cl)c1)c1ccccc1. The van der Waals surface area contributed by atoms with Gasteiger partial charge in [-0.05, 0) is 35.9 Å². The van der Waals surface area contributed by atoms with Crippen LogP contribution in [0.1, 0.15) is 5.56 Å². The molecule has 0 saturated heterocycles. The van der Waals surface area contributed by atoms with Crippen LogP contribution >= 0.6 is 11.6 Å². The second kappa shape index (κ2) is 6.78. The summed E-state index contributed by atoms with van der Waals surface area (Å²) in [5.74, 6) is 0. The first-order valence-electron chi connectivity index (χ1n) is 6.18. The van der Waals surface area contributed by atoms with E-state index in [1.54, 1.807) is 30.3 Å². The molecule has 0 radical (unpaired) electrons. The lowest BCUT2D eigenvalue weighted by atomic mass is 10.2. The van der Waals surface area contributed by atoms with Crippen LogP contribution in [0.4, 0.5) is 10.5 Å². The van der Waals surface area contributed by atoms with Crippen LogP contribution < -0.4 is 10.2 Å². The van der Waals surface area contributed by atoms with Crippen LogP contribution in [-0.4, -0.2) is 13.1 Å². The predicted molar refractivity (Wildman–Crippen MR) is 83.9 cm³/mol. The van der Waals surface area contributed by atoms with Gasteiger partial charge in [0.05, 0.1) is 0 Å². The van der Waals surface area contributed by atoms with Crippen LogP contribution in [0.15, 0.2) is 60.8 Å². The number of carbonyl (C=O) groups excluding carboxylic acids is 1. The summed E-state index contributed by atoms with van der Waals surface area (Å²) < 4.78 is 0. The molecule has 4 heteroatoms. The van der Waals surface area contributed by atoms with Crippen molar-refractivity contribution in [2.45, 2.75) is 0 Å². The predicted octanol–water partition coefficient (Wildman–Crippen LogP) is 4.16. The summed E-state index contributed by atoms with van der Waals surface area (Å²) in [4.78, 5) is 13.5. The van der Waals surface area contributed by atoms with E-state index in [1.807, 2.05) is 48.5 Å². The molecule has 0 bridgehead atoms. The zero-order chi connectivity index (χ0) is 14.4. The number of halogens is 1. The van der Waals surface area contributed by atoms with E-state index in [0.717, 1.165) is 11.3 Å². The summed E-state index contributed by atoms with van der Waals surface area (Å²) >= 11 is 5.89. The lowest BCUT2D eigenvalue weighted by Gasteiger charge is -2.16. The number of nitrogens with zero attached hydrogens (tertiary/aromatic N) is 1. The summed E-state index contributed by atoms with van der Waals surface area (Å²) in [5.41, 5.74) is 1.77. The maximum Gasteiger partial charge on any atom is 0.325 e. The van der Waals surface area contributed by atoms with Gasteiger partial charge in [0.25, 0.3) is 0 Å². The van der Waals surface area contributed by atoms with Gasteiger partial charge in [-0.25, -0.2) is 4.79 Å². The van der Waals surface area contributed by atoms with Gasteiger partial charge in [-0.1, -0.05) is 41.9 Å². The van der Waals surface area contributed by atoms with E-state index >= 15 is 0 Å². The van der Waals surface area contributed by atoms with Crippen LogP contribution in [0, 0.1) is 0 Å². The van der Waals surface area contributed by atoms with Crippen molar-refractivity contribution in [1.82, 2.24) is 5.32 Å².